The van der Waals surface area contributed by atoms with Crippen molar-refractivity contribution in [2.24, 2.45) is 16.8 Å². The average Bonchev–Trinajstić information content (AvgIpc) is 3.48. The number of carboxylic acid groups (broad SMARTS) is 2. The number of carbonyl (C=O) groups is 2. The average molecular weight is 623 g/mol. The molecule has 0 fully saturated rings. The van der Waals surface area contributed by atoms with Crippen molar-refractivity contribution in [2.75, 3.05) is 0 Å². The molecule has 0 bridgehead atoms. The number of rotatable bonds is 8. The van der Waals surface area contributed by atoms with Crippen molar-refractivity contribution >= 4 is 34.4 Å². The maximum Gasteiger partial charge on any atom is 0.306 e. The number of aliphatic imine (C=N–C) groups is 1. The van der Waals surface area contributed by atoms with Gasteiger partial charge in [-0.2, -0.15) is 0 Å². The minimum Gasteiger partial charge on any atom is -0.481 e. The van der Waals surface area contributed by atoms with Gasteiger partial charge in [-0.05, 0) is 48.6 Å². The van der Waals surface area contributed by atoms with Crippen LogP contribution in [0.3, 0.4) is 0 Å². The van der Waals surface area contributed by atoms with E-state index in [-0.39, 0.29) is 18.9 Å². The first-order valence-electron chi connectivity index (χ1n) is 16.1. The van der Waals surface area contributed by atoms with Crippen LogP contribution in [0.25, 0.3) is 28.0 Å². The number of carboxylic acids is 2. The molecular weight excluding hydrogens is 588 g/mol. The molecule has 0 radical (unpaired) electrons. The number of hydrogen-bond acceptors (Lipinski definition) is 6. The summed E-state index contributed by atoms with van der Waals surface area (Å²) in [5.74, 6) is -3.24. The highest BCUT2D eigenvalue weighted by Crippen LogP contribution is 2.62. The van der Waals surface area contributed by atoms with E-state index in [1.165, 1.54) is 0 Å². The van der Waals surface area contributed by atoms with Crippen molar-refractivity contribution in [1.29, 1.82) is 0 Å². The zero-order valence-electron chi connectivity index (χ0n) is 26.1. The first-order chi connectivity index (χ1) is 22.7. The molecule has 5 atom stereocenters. The molecule has 4 aromatic rings. The third-order valence-corrected chi connectivity index (χ3v) is 10.4. The van der Waals surface area contributed by atoms with Gasteiger partial charge in [0.15, 0.2) is 0 Å². The fourth-order valence-corrected chi connectivity index (χ4v) is 8.37. The highest BCUT2D eigenvalue weighted by molar-refractivity contribution is 6.06. The van der Waals surface area contributed by atoms with Crippen molar-refractivity contribution in [1.82, 2.24) is 15.3 Å². The van der Waals surface area contributed by atoms with Gasteiger partial charge in [-0.25, -0.2) is 9.97 Å². The number of nitrogens with one attached hydrogen (secondary N) is 1. The van der Waals surface area contributed by atoms with Gasteiger partial charge in [0.05, 0.1) is 57.4 Å². The van der Waals surface area contributed by atoms with Crippen LogP contribution in [0, 0.1) is 11.8 Å². The largest absolute Gasteiger partial charge is 0.481 e. The van der Waals surface area contributed by atoms with Gasteiger partial charge in [-0.15, -0.1) is 0 Å². The zero-order chi connectivity index (χ0) is 32.5. The molecule has 0 spiro atoms. The molecule has 8 rings (SSSR count). The minimum atomic E-state index is -0.923. The van der Waals surface area contributed by atoms with Gasteiger partial charge in [0, 0.05) is 22.0 Å². The first kappa shape index (κ1) is 29.1. The maximum absolute atomic E-state index is 12.7. The fourth-order valence-electron chi connectivity index (χ4n) is 8.37. The fraction of sp³-hybridized carbons (Fsp3) is 0.256. The van der Waals surface area contributed by atoms with Crippen molar-refractivity contribution in [3.05, 3.63) is 125 Å². The Morgan fingerprint density at radius 1 is 0.787 bits per heavy atom. The van der Waals surface area contributed by atoms with Gasteiger partial charge >= 0.3 is 11.9 Å². The summed E-state index contributed by atoms with van der Waals surface area (Å²) in [5.41, 5.74) is 7.55. The number of hydrogen-bond donors (Lipinski definition) is 3. The minimum absolute atomic E-state index is 0.106. The molecule has 5 unspecified atom stereocenters. The predicted octanol–water partition coefficient (Wildman–Crippen LogP) is 6.67. The molecule has 1 aliphatic heterocycles. The first-order valence-corrected chi connectivity index (χ1v) is 16.1. The topological polar surface area (TPSA) is 125 Å². The van der Waals surface area contributed by atoms with E-state index in [4.69, 9.17) is 15.0 Å². The SMILES string of the molecule is CC(CC1(CC2(CC(C)C(=O)O)c3ccccc3-c3nc4ccccc4nc32)C2=C(NC3C=CC=CC3=N2)c2ccccc21)C(=O)O. The third-order valence-electron chi connectivity index (χ3n) is 10.4. The number of allylic oxidation sites excluding steroid dienone is 3. The monoisotopic (exact) mass is 622 g/mol. The number of benzene rings is 3. The van der Waals surface area contributed by atoms with Crippen molar-refractivity contribution in [2.45, 2.75) is 50.0 Å². The molecule has 2 heterocycles. The van der Waals surface area contributed by atoms with E-state index >= 15 is 0 Å². The maximum atomic E-state index is 12.7. The number of aliphatic carboxylic acids is 2. The summed E-state index contributed by atoms with van der Waals surface area (Å²) in [4.78, 5) is 41.1. The number of nitrogens with zero attached hydrogens (tertiary/aromatic N) is 3. The zero-order valence-corrected chi connectivity index (χ0v) is 26.1. The van der Waals surface area contributed by atoms with E-state index in [1.807, 2.05) is 72.8 Å². The molecule has 47 heavy (non-hydrogen) atoms. The molecule has 0 saturated heterocycles. The van der Waals surface area contributed by atoms with Gasteiger partial charge in [0.2, 0.25) is 0 Å². The van der Waals surface area contributed by atoms with Gasteiger partial charge in [0.1, 0.15) is 0 Å². The summed E-state index contributed by atoms with van der Waals surface area (Å²) in [6, 6.07) is 23.9. The Morgan fingerprint density at radius 3 is 2.09 bits per heavy atom. The summed E-state index contributed by atoms with van der Waals surface area (Å²) in [6.07, 6.45) is 8.92. The molecular formula is C39H34N4O4. The highest BCUT2D eigenvalue weighted by atomic mass is 16.4. The molecule has 234 valence electrons. The van der Waals surface area contributed by atoms with E-state index in [2.05, 4.69) is 29.6 Å². The molecule has 3 aromatic carbocycles. The summed E-state index contributed by atoms with van der Waals surface area (Å²) in [7, 11) is 0. The van der Waals surface area contributed by atoms with Crippen LogP contribution in [0.2, 0.25) is 0 Å². The molecule has 1 aromatic heterocycles. The van der Waals surface area contributed by atoms with Crippen LogP contribution < -0.4 is 5.32 Å². The second-order valence-electron chi connectivity index (χ2n) is 13.4. The van der Waals surface area contributed by atoms with E-state index in [0.29, 0.717) is 6.42 Å². The summed E-state index contributed by atoms with van der Waals surface area (Å²) >= 11 is 0. The Morgan fingerprint density at radius 2 is 1.38 bits per heavy atom. The van der Waals surface area contributed by atoms with Gasteiger partial charge in [0.25, 0.3) is 0 Å². The van der Waals surface area contributed by atoms with Gasteiger partial charge in [-0.1, -0.05) is 92.7 Å². The lowest BCUT2D eigenvalue weighted by Crippen LogP contribution is -2.44. The smallest absolute Gasteiger partial charge is 0.306 e. The number of aromatic nitrogens is 2. The van der Waals surface area contributed by atoms with E-state index in [9.17, 15) is 19.8 Å². The van der Waals surface area contributed by atoms with Crippen molar-refractivity contribution < 1.29 is 19.8 Å². The van der Waals surface area contributed by atoms with Crippen LogP contribution >= 0.6 is 0 Å². The molecule has 3 N–H and O–H groups in total. The van der Waals surface area contributed by atoms with E-state index < -0.39 is 34.6 Å². The van der Waals surface area contributed by atoms with Crippen LogP contribution in [0.1, 0.15) is 55.5 Å². The van der Waals surface area contributed by atoms with E-state index in [1.54, 1.807) is 13.8 Å². The summed E-state index contributed by atoms with van der Waals surface area (Å²) in [6.45, 7) is 3.49. The summed E-state index contributed by atoms with van der Waals surface area (Å²) < 4.78 is 0. The van der Waals surface area contributed by atoms with Crippen molar-refractivity contribution in [3.63, 3.8) is 0 Å². The second kappa shape index (κ2) is 10.6. The lowest BCUT2D eigenvalue weighted by molar-refractivity contribution is -0.142. The van der Waals surface area contributed by atoms with E-state index in [0.717, 1.165) is 61.8 Å². The molecule has 8 heteroatoms. The normalized spacial score (nSPS) is 24.4. The van der Waals surface area contributed by atoms with Crippen LogP contribution in [-0.4, -0.2) is 43.9 Å². The van der Waals surface area contributed by atoms with Crippen molar-refractivity contribution in [3.8, 4) is 11.3 Å². The Hall–Kier alpha value is -5.37. The van der Waals surface area contributed by atoms with Crippen LogP contribution in [0.15, 0.2) is 108 Å². The van der Waals surface area contributed by atoms with Gasteiger partial charge < -0.3 is 15.5 Å². The quantitative estimate of drug-likeness (QED) is 0.201. The predicted molar refractivity (Wildman–Crippen MR) is 181 cm³/mol. The number of fused-ring (bicyclic) bond motifs is 7. The van der Waals surface area contributed by atoms with Gasteiger partial charge in [-0.3, -0.25) is 14.6 Å². The highest BCUT2D eigenvalue weighted by Gasteiger charge is 2.57. The lowest BCUT2D eigenvalue weighted by Gasteiger charge is -2.43. The third kappa shape index (κ3) is 4.31. The molecule has 3 aliphatic carbocycles. The standard InChI is InChI=1S/C39H34N4O4/c1-22(36(44)45)19-38(26-13-5-3-11-24(26)32-34(38)42-30-17-9-7-15-28(30)40-32)21-39(20-23(2)37(46)47)27-14-6-4-12-25(27)33-35(39)43-31-18-10-8-16-29(31)41-33/h3-18,22-23,28,40H,19-21H2,1-2H3,(H,44,45)(H,46,47). The Balaban J connectivity index is 1.44. The Labute approximate surface area is 272 Å². The Kier molecular flexibility index (Phi) is 6.55. The Bertz CT molecular complexity index is 2130. The second-order valence-corrected chi connectivity index (χ2v) is 13.4. The van der Waals surface area contributed by atoms with Crippen LogP contribution in [0.4, 0.5) is 0 Å². The molecule has 4 aliphatic rings. The van der Waals surface area contributed by atoms with Crippen LogP contribution in [-0.2, 0) is 20.4 Å². The number of para-hydroxylation sites is 2. The molecule has 0 saturated carbocycles. The lowest BCUT2D eigenvalue weighted by atomic mass is 9.59. The molecule has 0 amide bonds. The summed E-state index contributed by atoms with van der Waals surface area (Å²) in [5, 5.41) is 24.5. The van der Waals surface area contributed by atoms with Crippen LogP contribution in [0.5, 0.6) is 0 Å². The molecule has 8 nitrogen and oxygen atoms in total.